The highest BCUT2D eigenvalue weighted by Crippen LogP contribution is 2.22. The highest BCUT2D eigenvalue weighted by Gasteiger charge is 2.18. The van der Waals surface area contributed by atoms with Crippen molar-refractivity contribution < 1.29 is 19.1 Å². The number of aromatic nitrogens is 2. The van der Waals surface area contributed by atoms with Crippen LogP contribution >= 0.6 is 0 Å². The predicted octanol–water partition coefficient (Wildman–Crippen LogP) is 2.03. The summed E-state index contributed by atoms with van der Waals surface area (Å²) in [4.78, 5) is 54.9. The first-order valence-corrected chi connectivity index (χ1v) is 8.45. The largest absolute Gasteiger partial charge is 0.461 e. The molecule has 0 aliphatic rings. The molecule has 2 N–H and O–H groups in total. The molecule has 0 bridgehead atoms. The number of benzene rings is 1. The minimum Gasteiger partial charge on any atom is -0.461 e. The van der Waals surface area contributed by atoms with Gasteiger partial charge in [-0.2, -0.15) is 0 Å². The number of fused-ring (bicyclic) bond motifs is 3. The van der Waals surface area contributed by atoms with Gasteiger partial charge >= 0.3 is 11.9 Å². The molecule has 0 saturated heterocycles. The van der Waals surface area contributed by atoms with Crippen molar-refractivity contribution in [2.24, 2.45) is 0 Å². The number of aryl methyl sites for hydroxylation is 1. The molecular formula is C19H18N2O6. The molecule has 0 aliphatic carbocycles. The minimum atomic E-state index is -0.690. The van der Waals surface area contributed by atoms with E-state index in [-0.39, 0.29) is 40.9 Å². The molecule has 0 amide bonds. The van der Waals surface area contributed by atoms with Crippen molar-refractivity contribution in [1.29, 1.82) is 0 Å². The summed E-state index contributed by atoms with van der Waals surface area (Å²) in [6, 6.07) is 3.86. The third-order valence-corrected chi connectivity index (χ3v) is 4.10. The van der Waals surface area contributed by atoms with Gasteiger partial charge in [-0.3, -0.25) is 9.59 Å². The smallest absolute Gasteiger partial charge is 0.354 e. The Morgan fingerprint density at radius 3 is 1.93 bits per heavy atom. The SMILES string of the molecule is CCOC(=O)c1cc(=O)c2c([nH]1)c(C)cc1c(=O)cc(C(=O)OCC)[nH]c12. The van der Waals surface area contributed by atoms with Crippen LogP contribution in [0.4, 0.5) is 0 Å². The molecule has 0 radical (unpaired) electrons. The lowest BCUT2D eigenvalue weighted by Crippen LogP contribution is -2.17. The van der Waals surface area contributed by atoms with Crippen LogP contribution in [0.1, 0.15) is 40.4 Å². The number of carbonyl (C=O) groups excluding carboxylic acids is 2. The van der Waals surface area contributed by atoms with E-state index >= 15 is 0 Å². The van der Waals surface area contributed by atoms with E-state index in [4.69, 9.17) is 9.47 Å². The van der Waals surface area contributed by atoms with Crippen molar-refractivity contribution in [2.45, 2.75) is 20.8 Å². The van der Waals surface area contributed by atoms with Gasteiger partial charge in [0.25, 0.3) is 0 Å². The van der Waals surface area contributed by atoms with Crippen molar-refractivity contribution in [3.63, 3.8) is 0 Å². The Balaban J connectivity index is 2.38. The number of carbonyl (C=O) groups is 2. The highest BCUT2D eigenvalue weighted by molar-refractivity contribution is 6.07. The average Bonchev–Trinajstić information content (AvgIpc) is 2.62. The summed E-state index contributed by atoms with van der Waals surface area (Å²) in [5.41, 5.74) is 0.282. The molecule has 0 atom stereocenters. The zero-order valence-corrected chi connectivity index (χ0v) is 15.1. The maximum Gasteiger partial charge on any atom is 0.354 e. The Morgan fingerprint density at radius 2 is 1.37 bits per heavy atom. The summed E-state index contributed by atoms with van der Waals surface area (Å²) in [6.07, 6.45) is 0. The van der Waals surface area contributed by atoms with E-state index in [0.29, 0.717) is 11.1 Å². The fraction of sp³-hybridized carbons (Fsp3) is 0.263. The number of nitrogens with one attached hydrogen (secondary N) is 2. The third kappa shape index (κ3) is 3.21. The van der Waals surface area contributed by atoms with Gasteiger partial charge in [0.1, 0.15) is 11.4 Å². The molecule has 2 aromatic heterocycles. The van der Waals surface area contributed by atoms with Crippen LogP contribution in [0.3, 0.4) is 0 Å². The highest BCUT2D eigenvalue weighted by atomic mass is 16.5. The van der Waals surface area contributed by atoms with Gasteiger partial charge in [0.15, 0.2) is 10.9 Å². The average molecular weight is 370 g/mol. The molecule has 2 heterocycles. The Labute approximate surface area is 153 Å². The Kier molecular flexibility index (Phi) is 4.81. The van der Waals surface area contributed by atoms with Crippen LogP contribution in [-0.2, 0) is 9.47 Å². The lowest BCUT2D eigenvalue weighted by atomic mass is 10.0. The molecule has 8 nitrogen and oxygen atoms in total. The van der Waals surface area contributed by atoms with Gasteiger partial charge in [0.2, 0.25) is 0 Å². The number of ether oxygens (including phenoxy) is 2. The molecule has 3 aromatic rings. The number of hydrogen-bond donors (Lipinski definition) is 2. The van der Waals surface area contributed by atoms with E-state index in [2.05, 4.69) is 9.97 Å². The standard InChI is InChI=1S/C19H18N2O6/c1-4-26-18(24)11-7-13(22)10-6-9(3)16-15(17(10)21-11)14(23)8-12(20-16)19(25)27-5-2/h6-8H,4-5H2,1-3H3,(H,20,23)(H,21,22). The molecule has 8 heteroatoms. The molecule has 140 valence electrons. The van der Waals surface area contributed by atoms with Crippen molar-refractivity contribution in [3.8, 4) is 0 Å². The summed E-state index contributed by atoms with van der Waals surface area (Å²) < 4.78 is 9.85. The topological polar surface area (TPSA) is 118 Å². The Morgan fingerprint density at radius 1 is 0.852 bits per heavy atom. The first kappa shape index (κ1) is 18.4. The molecule has 0 spiro atoms. The second-order valence-corrected chi connectivity index (χ2v) is 5.90. The zero-order chi connectivity index (χ0) is 19.7. The van der Waals surface area contributed by atoms with E-state index in [0.717, 1.165) is 12.1 Å². The second kappa shape index (κ2) is 7.06. The van der Waals surface area contributed by atoms with Crippen LogP contribution in [0.2, 0.25) is 0 Å². The van der Waals surface area contributed by atoms with Crippen LogP contribution in [-0.4, -0.2) is 35.1 Å². The van der Waals surface area contributed by atoms with Crippen LogP contribution in [0.15, 0.2) is 27.8 Å². The number of rotatable bonds is 4. The summed E-state index contributed by atoms with van der Waals surface area (Å²) in [5, 5.41) is 0.448. The first-order chi connectivity index (χ1) is 12.9. The molecule has 27 heavy (non-hydrogen) atoms. The summed E-state index contributed by atoms with van der Waals surface area (Å²) in [7, 11) is 0. The maximum absolute atomic E-state index is 12.7. The molecular weight excluding hydrogens is 352 g/mol. The summed E-state index contributed by atoms with van der Waals surface area (Å²) >= 11 is 0. The number of hydrogen-bond acceptors (Lipinski definition) is 6. The number of H-pyrrole nitrogens is 2. The second-order valence-electron chi connectivity index (χ2n) is 5.90. The van der Waals surface area contributed by atoms with Crippen LogP contribution in [0, 0.1) is 6.92 Å². The fourth-order valence-corrected chi connectivity index (χ4v) is 2.94. The van der Waals surface area contributed by atoms with Crippen molar-refractivity contribution in [3.05, 3.63) is 55.6 Å². The van der Waals surface area contributed by atoms with Crippen molar-refractivity contribution in [2.75, 3.05) is 13.2 Å². The van der Waals surface area contributed by atoms with E-state index in [1.807, 2.05) is 0 Å². The van der Waals surface area contributed by atoms with Crippen LogP contribution in [0.5, 0.6) is 0 Å². The number of aromatic amines is 2. The molecule has 0 saturated carbocycles. The van der Waals surface area contributed by atoms with Gasteiger partial charge < -0.3 is 19.4 Å². The van der Waals surface area contributed by atoms with Crippen molar-refractivity contribution >= 4 is 33.7 Å². The van der Waals surface area contributed by atoms with E-state index < -0.39 is 22.8 Å². The third-order valence-electron chi connectivity index (χ3n) is 4.10. The Bertz CT molecular complexity index is 1190. The predicted molar refractivity (Wildman–Crippen MR) is 99.3 cm³/mol. The fourth-order valence-electron chi connectivity index (χ4n) is 2.94. The van der Waals surface area contributed by atoms with Gasteiger partial charge in [-0.05, 0) is 32.4 Å². The monoisotopic (exact) mass is 370 g/mol. The minimum absolute atomic E-state index is 0.0145. The van der Waals surface area contributed by atoms with Gasteiger partial charge in [0, 0.05) is 17.5 Å². The summed E-state index contributed by atoms with van der Waals surface area (Å²) in [6.45, 7) is 5.35. The maximum atomic E-state index is 12.7. The van der Waals surface area contributed by atoms with Crippen LogP contribution in [0.25, 0.3) is 21.8 Å². The lowest BCUT2D eigenvalue weighted by Gasteiger charge is -2.10. The van der Waals surface area contributed by atoms with Gasteiger partial charge in [-0.15, -0.1) is 0 Å². The number of esters is 2. The van der Waals surface area contributed by atoms with E-state index in [1.165, 1.54) is 0 Å². The first-order valence-electron chi connectivity index (χ1n) is 8.45. The molecule has 0 fully saturated rings. The van der Waals surface area contributed by atoms with Crippen molar-refractivity contribution in [1.82, 2.24) is 9.97 Å². The van der Waals surface area contributed by atoms with E-state index in [9.17, 15) is 19.2 Å². The molecule has 0 aliphatic heterocycles. The van der Waals surface area contributed by atoms with Gasteiger partial charge in [0.05, 0.1) is 29.6 Å². The van der Waals surface area contributed by atoms with Gasteiger partial charge in [-0.25, -0.2) is 9.59 Å². The summed E-state index contributed by atoms with van der Waals surface area (Å²) in [5.74, 6) is -1.34. The van der Waals surface area contributed by atoms with Gasteiger partial charge in [-0.1, -0.05) is 0 Å². The zero-order valence-electron chi connectivity index (χ0n) is 15.1. The quantitative estimate of drug-likeness (QED) is 0.536. The number of pyridine rings is 2. The van der Waals surface area contributed by atoms with E-state index in [1.54, 1.807) is 26.8 Å². The molecule has 1 aromatic carbocycles. The molecule has 3 rings (SSSR count). The lowest BCUT2D eigenvalue weighted by molar-refractivity contribution is 0.0510. The molecule has 0 unspecified atom stereocenters. The van der Waals surface area contributed by atoms with Crippen LogP contribution < -0.4 is 10.9 Å². The Hall–Kier alpha value is -3.42. The normalized spacial score (nSPS) is 10.9.